The lowest BCUT2D eigenvalue weighted by Gasteiger charge is -1.94. The molecule has 1 aromatic carbocycles. The molecule has 3 aromatic heterocycles. The molecule has 0 unspecified atom stereocenters. The SMILES string of the molecule is Nc1nc2cc(=O)n3c4ccccc4sc3c2s1. The first-order valence-corrected chi connectivity index (χ1v) is 6.97. The Morgan fingerprint density at radius 3 is 2.94 bits per heavy atom. The first-order valence-electron chi connectivity index (χ1n) is 5.33. The molecule has 0 aliphatic heterocycles. The monoisotopic (exact) mass is 273 g/mol. The number of rotatable bonds is 0. The number of hydrogen-bond donors (Lipinski definition) is 1. The van der Waals surface area contributed by atoms with Gasteiger partial charge in [-0.05, 0) is 12.1 Å². The van der Waals surface area contributed by atoms with Gasteiger partial charge in [0.2, 0.25) is 0 Å². The Morgan fingerprint density at radius 2 is 2.06 bits per heavy atom. The molecule has 0 saturated carbocycles. The van der Waals surface area contributed by atoms with Gasteiger partial charge < -0.3 is 5.73 Å². The summed E-state index contributed by atoms with van der Waals surface area (Å²) in [6.45, 7) is 0. The van der Waals surface area contributed by atoms with E-state index in [1.807, 2.05) is 24.3 Å². The minimum Gasteiger partial charge on any atom is -0.375 e. The van der Waals surface area contributed by atoms with Gasteiger partial charge in [0, 0.05) is 6.07 Å². The van der Waals surface area contributed by atoms with Crippen LogP contribution < -0.4 is 11.3 Å². The van der Waals surface area contributed by atoms with Gasteiger partial charge in [0.05, 0.1) is 20.4 Å². The number of fused-ring (bicyclic) bond motifs is 5. The molecule has 0 aliphatic carbocycles. The highest BCUT2D eigenvalue weighted by atomic mass is 32.1. The number of pyridine rings is 1. The molecule has 0 aliphatic rings. The van der Waals surface area contributed by atoms with Crippen molar-refractivity contribution in [2.45, 2.75) is 0 Å². The molecule has 0 atom stereocenters. The average molecular weight is 273 g/mol. The number of nitrogens with zero attached hydrogens (tertiary/aromatic N) is 2. The number of para-hydroxylation sites is 1. The fraction of sp³-hybridized carbons (Fsp3) is 0. The zero-order valence-electron chi connectivity index (χ0n) is 9.08. The lowest BCUT2D eigenvalue weighted by molar-refractivity contribution is 1.19. The van der Waals surface area contributed by atoms with Crippen molar-refractivity contribution in [2.24, 2.45) is 0 Å². The van der Waals surface area contributed by atoms with Crippen LogP contribution in [0.4, 0.5) is 5.13 Å². The summed E-state index contributed by atoms with van der Waals surface area (Å²) >= 11 is 3.02. The highest BCUT2D eigenvalue weighted by Crippen LogP contribution is 2.33. The summed E-state index contributed by atoms with van der Waals surface area (Å²) in [6, 6.07) is 9.43. The lowest BCUT2D eigenvalue weighted by Crippen LogP contribution is -2.09. The summed E-state index contributed by atoms with van der Waals surface area (Å²) in [5.41, 5.74) is 7.30. The average Bonchev–Trinajstić information content (AvgIpc) is 2.89. The summed E-state index contributed by atoms with van der Waals surface area (Å²) in [6.07, 6.45) is 0. The van der Waals surface area contributed by atoms with E-state index in [1.54, 1.807) is 21.8 Å². The second kappa shape index (κ2) is 3.30. The van der Waals surface area contributed by atoms with Crippen LogP contribution in [0.3, 0.4) is 0 Å². The number of benzene rings is 1. The van der Waals surface area contributed by atoms with Crippen molar-refractivity contribution in [3.05, 3.63) is 40.7 Å². The van der Waals surface area contributed by atoms with E-state index in [4.69, 9.17) is 5.73 Å². The van der Waals surface area contributed by atoms with E-state index in [9.17, 15) is 4.79 Å². The maximum Gasteiger partial charge on any atom is 0.258 e. The zero-order chi connectivity index (χ0) is 12.3. The predicted octanol–water partition coefficient (Wildman–Crippen LogP) is 2.71. The summed E-state index contributed by atoms with van der Waals surface area (Å²) < 4.78 is 3.81. The zero-order valence-corrected chi connectivity index (χ0v) is 10.7. The minimum atomic E-state index is -0.0553. The first kappa shape index (κ1) is 10.0. The summed E-state index contributed by atoms with van der Waals surface area (Å²) in [5, 5.41) is 0.495. The Morgan fingerprint density at radius 1 is 1.22 bits per heavy atom. The number of thiazole rings is 2. The van der Waals surface area contributed by atoms with Gasteiger partial charge >= 0.3 is 0 Å². The van der Waals surface area contributed by atoms with Crippen LogP contribution in [0, 0.1) is 0 Å². The predicted molar refractivity (Wildman–Crippen MR) is 76.6 cm³/mol. The molecular weight excluding hydrogens is 266 g/mol. The Hall–Kier alpha value is -1.92. The third kappa shape index (κ3) is 1.19. The van der Waals surface area contributed by atoms with Crippen molar-refractivity contribution in [3.63, 3.8) is 0 Å². The van der Waals surface area contributed by atoms with Gasteiger partial charge in [0.25, 0.3) is 5.56 Å². The summed E-state index contributed by atoms with van der Waals surface area (Å²) in [4.78, 5) is 17.3. The molecule has 88 valence electrons. The van der Waals surface area contributed by atoms with Gasteiger partial charge in [-0.3, -0.25) is 9.20 Å². The molecule has 2 N–H and O–H groups in total. The minimum absolute atomic E-state index is 0.0553. The van der Waals surface area contributed by atoms with Gasteiger partial charge in [-0.15, -0.1) is 11.3 Å². The van der Waals surface area contributed by atoms with Crippen molar-refractivity contribution in [2.75, 3.05) is 5.73 Å². The van der Waals surface area contributed by atoms with Crippen LogP contribution in [-0.4, -0.2) is 9.38 Å². The third-order valence-electron chi connectivity index (χ3n) is 2.86. The largest absolute Gasteiger partial charge is 0.375 e. The third-order valence-corrected chi connectivity index (χ3v) is 5.04. The molecule has 18 heavy (non-hydrogen) atoms. The van der Waals surface area contributed by atoms with Crippen molar-refractivity contribution in [1.29, 1.82) is 0 Å². The Kier molecular flexibility index (Phi) is 1.84. The highest BCUT2D eigenvalue weighted by molar-refractivity contribution is 7.30. The van der Waals surface area contributed by atoms with E-state index >= 15 is 0 Å². The Labute approximate surface area is 109 Å². The van der Waals surface area contributed by atoms with Crippen molar-refractivity contribution in [3.8, 4) is 0 Å². The lowest BCUT2D eigenvalue weighted by atomic mass is 10.3. The van der Waals surface area contributed by atoms with E-state index in [2.05, 4.69) is 4.98 Å². The number of nitrogens with two attached hydrogens (primary N) is 1. The van der Waals surface area contributed by atoms with Crippen LogP contribution in [0.25, 0.3) is 25.3 Å². The van der Waals surface area contributed by atoms with Crippen LogP contribution in [0.2, 0.25) is 0 Å². The molecule has 0 amide bonds. The van der Waals surface area contributed by atoms with E-state index in [0.29, 0.717) is 10.6 Å². The summed E-state index contributed by atoms with van der Waals surface area (Å²) in [5.74, 6) is 0. The van der Waals surface area contributed by atoms with Gasteiger partial charge in [-0.2, -0.15) is 0 Å². The van der Waals surface area contributed by atoms with Crippen molar-refractivity contribution < 1.29 is 0 Å². The number of anilines is 1. The summed E-state index contributed by atoms with van der Waals surface area (Å²) in [7, 11) is 0. The molecule has 0 spiro atoms. The molecule has 0 radical (unpaired) electrons. The van der Waals surface area contributed by atoms with Gasteiger partial charge in [-0.25, -0.2) is 4.98 Å². The standard InChI is InChI=1S/C12H7N3OS2/c13-12-14-6-5-9(16)15-7-3-1-2-4-8(7)17-11(15)10(6)18-12/h1-5H,(H2,13,14). The molecule has 6 heteroatoms. The normalized spacial score (nSPS) is 11.8. The Balaban J connectivity index is 2.41. The molecular formula is C12H7N3OS2. The topological polar surface area (TPSA) is 60.4 Å². The molecule has 3 heterocycles. The van der Waals surface area contributed by atoms with Crippen molar-refractivity contribution >= 4 is 53.1 Å². The van der Waals surface area contributed by atoms with Crippen LogP contribution in [0.1, 0.15) is 0 Å². The second-order valence-corrected chi connectivity index (χ2v) is 6.02. The fourth-order valence-corrected chi connectivity index (χ4v) is 4.22. The van der Waals surface area contributed by atoms with E-state index in [-0.39, 0.29) is 5.56 Å². The van der Waals surface area contributed by atoms with Gasteiger partial charge in [0.15, 0.2) is 5.13 Å². The molecule has 4 nitrogen and oxygen atoms in total. The van der Waals surface area contributed by atoms with E-state index < -0.39 is 0 Å². The van der Waals surface area contributed by atoms with Crippen LogP contribution >= 0.6 is 22.7 Å². The number of aromatic nitrogens is 2. The highest BCUT2D eigenvalue weighted by Gasteiger charge is 2.13. The fourth-order valence-electron chi connectivity index (χ4n) is 2.14. The smallest absolute Gasteiger partial charge is 0.258 e. The van der Waals surface area contributed by atoms with Gasteiger partial charge in [-0.1, -0.05) is 23.5 Å². The number of nitrogen functional groups attached to an aromatic ring is 1. The van der Waals surface area contributed by atoms with Gasteiger partial charge in [0.1, 0.15) is 4.83 Å². The van der Waals surface area contributed by atoms with E-state index in [0.717, 1.165) is 19.7 Å². The van der Waals surface area contributed by atoms with Crippen LogP contribution in [-0.2, 0) is 0 Å². The Bertz CT molecular complexity index is 964. The van der Waals surface area contributed by atoms with Crippen LogP contribution in [0.15, 0.2) is 35.1 Å². The number of hydrogen-bond acceptors (Lipinski definition) is 5. The molecule has 4 rings (SSSR count). The first-order chi connectivity index (χ1) is 8.74. The quantitative estimate of drug-likeness (QED) is 0.536. The molecule has 0 fully saturated rings. The van der Waals surface area contributed by atoms with Crippen molar-refractivity contribution in [1.82, 2.24) is 9.38 Å². The van der Waals surface area contributed by atoms with E-state index in [1.165, 1.54) is 11.3 Å². The van der Waals surface area contributed by atoms with Crippen LogP contribution in [0.5, 0.6) is 0 Å². The molecule has 0 saturated heterocycles. The second-order valence-electron chi connectivity index (χ2n) is 3.96. The maximum atomic E-state index is 12.2. The maximum absolute atomic E-state index is 12.2. The molecule has 0 bridgehead atoms. The molecule has 4 aromatic rings.